The number of hydrogen-bond acceptors (Lipinski definition) is 2. The molecule has 2 unspecified atom stereocenters. The van der Waals surface area contributed by atoms with E-state index in [0.717, 1.165) is 12.8 Å². The van der Waals surface area contributed by atoms with Gasteiger partial charge in [0.25, 0.3) is 0 Å². The SMILES string of the molecule is CC(Cl)CC(C)(C)OOC(C)(C)CC(C)Cl. The molecule has 0 saturated heterocycles. The van der Waals surface area contributed by atoms with Crippen molar-refractivity contribution >= 4 is 23.2 Å². The Balaban J connectivity index is 4.11. The van der Waals surface area contributed by atoms with Crippen LogP contribution in [0.2, 0.25) is 0 Å². The van der Waals surface area contributed by atoms with Crippen LogP contribution in [0.3, 0.4) is 0 Å². The van der Waals surface area contributed by atoms with Crippen molar-refractivity contribution in [3.63, 3.8) is 0 Å². The van der Waals surface area contributed by atoms with Crippen LogP contribution in [-0.2, 0) is 9.78 Å². The van der Waals surface area contributed by atoms with Gasteiger partial charge in [-0.15, -0.1) is 23.2 Å². The zero-order valence-corrected chi connectivity index (χ0v) is 12.7. The fraction of sp³-hybridized carbons (Fsp3) is 1.00. The van der Waals surface area contributed by atoms with Gasteiger partial charge in [-0.25, -0.2) is 9.78 Å². The summed E-state index contributed by atoms with van der Waals surface area (Å²) in [5, 5.41) is 0.127. The molecule has 98 valence electrons. The average Bonchev–Trinajstić information content (AvgIpc) is 1.96. The van der Waals surface area contributed by atoms with Gasteiger partial charge in [0, 0.05) is 10.8 Å². The van der Waals surface area contributed by atoms with Crippen molar-refractivity contribution in [2.24, 2.45) is 0 Å². The standard InChI is InChI=1S/C12H24Cl2O2/c1-9(13)7-11(3,4)15-16-12(5,6)8-10(2)14/h9-10H,7-8H2,1-6H3. The molecule has 0 aliphatic heterocycles. The average molecular weight is 271 g/mol. The molecule has 0 rings (SSSR count). The van der Waals surface area contributed by atoms with Gasteiger partial charge in [-0.1, -0.05) is 0 Å². The summed E-state index contributed by atoms with van der Waals surface area (Å²) in [7, 11) is 0. The summed E-state index contributed by atoms with van der Waals surface area (Å²) in [5.41, 5.74) is -0.762. The first kappa shape index (κ1) is 16.5. The molecule has 2 atom stereocenters. The molecule has 0 aromatic carbocycles. The van der Waals surface area contributed by atoms with Crippen LogP contribution in [0.1, 0.15) is 54.4 Å². The Kier molecular flexibility index (Phi) is 6.64. The van der Waals surface area contributed by atoms with E-state index in [-0.39, 0.29) is 22.0 Å². The maximum absolute atomic E-state index is 5.94. The number of hydrogen-bond donors (Lipinski definition) is 0. The zero-order valence-electron chi connectivity index (χ0n) is 11.1. The second kappa shape index (κ2) is 6.44. The largest absolute Gasteiger partial charge is 0.230 e. The Bertz CT molecular complexity index is 179. The Morgan fingerprint density at radius 3 is 1.25 bits per heavy atom. The van der Waals surface area contributed by atoms with Crippen LogP contribution >= 0.6 is 23.2 Å². The second-order valence-corrected chi connectivity index (χ2v) is 7.15. The van der Waals surface area contributed by atoms with Crippen LogP contribution < -0.4 is 0 Å². The predicted molar refractivity (Wildman–Crippen MR) is 70.2 cm³/mol. The van der Waals surface area contributed by atoms with Gasteiger partial charge >= 0.3 is 0 Å². The second-order valence-electron chi connectivity index (χ2n) is 5.66. The molecular weight excluding hydrogens is 247 g/mol. The van der Waals surface area contributed by atoms with Crippen molar-refractivity contribution in [2.45, 2.75) is 76.3 Å². The van der Waals surface area contributed by atoms with Gasteiger partial charge in [0.1, 0.15) is 0 Å². The third-order valence-electron chi connectivity index (χ3n) is 2.04. The molecule has 0 heterocycles. The molecule has 0 aliphatic rings. The Morgan fingerprint density at radius 2 is 1.06 bits per heavy atom. The summed E-state index contributed by atoms with van der Waals surface area (Å²) in [5.74, 6) is 0. The highest BCUT2D eigenvalue weighted by Gasteiger charge is 2.28. The summed E-state index contributed by atoms with van der Waals surface area (Å²) >= 11 is 11.9. The molecule has 0 aromatic heterocycles. The maximum atomic E-state index is 5.94. The van der Waals surface area contributed by atoms with Crippen molar-refractivity contribution in [3.8, 4) is 0 Å². The van der Waals surface area contributed by atoms with Crippen molar-refractivity contribution in [1.82, 2.24) is 0 Å². The van der Waals surface area contributed by atoms with E-state index in [0.29, 0.717) is 0 Å². The minimum absolute atomic E-state index is 0.0636. The molecule has 16 heavy (non-hydrogen) atoms. The molecule has 4 heteroatoms. The highest BCUT2D eigenvalue weighted by molar-refractivity contribution is 6.20. The molecule has 0 radical (unpaired) electrons. The van der Waals surface area contributed by atoms with Crippen LogP contribution in [0.4, 0.5) is 0 Å². The summed E-state index contributed by atoms with van der Waals surface area (Å²) < 4.78 is 0. The molecule has 0 aromatic rings. The maximum Gasteiger partial charge on any atom is 0.0994 e. The van der Waals surface area contributed by atoms with E-state index >= 15 is 0 Å². The molecule has 0 amide bonds. The van der Waals surface area contributed by atoms with E-state index in [9.17, 15) is 0 Å². The predicted octanol–water partition coefficient (Wildman–Crippen LogP) is 4.53. The Labute approximate surface area is 110 Å². The summed E-state index contributed by atoms with van der Waals surface area (Å²) in [6.07, 6.45) is 1.47. The quantitative estimate of drug-likeness (QED) is 0.385. The fourth-order valence-corrected chi connectivity index (χ4v) is 2.39. The van der Waals surface area contributed by atoms with Crippen molar-refractivity contribution < 1.29 is 9.78 Å². The van der Waals surface area contributed by atoms with Gasteiger partial charge in [-0.2, -0.15) is 0 Å². The van der Waals surface area contributed by atoms with Crippen LogP contribution in [0, 0.1) is 0 Å². The minimum atomic E-state index is -0.381. The first-order chi connectivity index (χ1) is 7.04. The lowest BCUT2D eigenvalue weighted by Crippen LogP contribution is -2.35. The zero-order chi connectivity index (χ0) is 13.0. The van der Waals surface area contributed by atoms with Gasteiger partial charge in [0.2, 0.25) is 0 Å². The Hall–Kier alpha value is 0.500. The van der Waals surface area contributed by atoms with E-state index < -0.39 is 0 Å². The van der Waals surface area contributed by atoms with Gasteiger partial charge in [0.15, 0.2) is 0 Å². The molecular formula is C12H24Cl2O2. The summed E-state index contributed by atoms with van der Waals surface area (Å²) in [6.45, 7) is 11.7. The normalized spacial score (nSPS) is 17.2. The first-order valence-corrected chi connectivity index (χ1v) is 6.56. The lowest BCUT2D eigenvalue weighted by Gasteiger charge is -2.31. The minimum Gasteiger partial charge on any atom is -0.230 e. The van der Waals surface area contributed by atoms with Gasteiger partial charge in [-0.3, -0.25) is 0 Å². The molecule has 0 saturated carbocycles. The number of halogens is 2. The van der Waals surface area contributed by atoms with E-state index in [2.05, 4.69) is 0 Å². The lowest BCUT2D eigenvalue weighted by molar-refractivity contribution is -0.402. The van der Waals surface area contributed by atoms with E-state index in [1.165, 1.54) is 0 Å². The highest BCUT2D eigenvalue weighted by Crippen LogP contribution is 2.26. The third kappa shape index (κ3) is 8.63. The van der Waals surface area contributed by atoms with Gasteiger partial charge in [-0.05, 0) is 54.4 Å². The topological polar surface area (TPSA) is 18.5 Å². The van der Waals surface area contributed by atoms with Gasteiger partial charge in [0.05, 0.1) is 11.2 Å². The molecule has 0 aliphatic carbocycles. The fourth-order valence-electron chi connectivity index (χ4n) is 1.65. The molecule has 0 fully saturated rings. The summed E-state index contributed by atoms with van der Waals surface area (Å²) in [6, 6.07) is 0. The van der Waals surface area contributed by atoms with Crippen molar-refractivity contribution in [1.29, 1.82) is 0 Å². The van der Waals surface area contributed by atoms with E-state index in [4.69, 9.17) is 33.0 Å². The van der Waals surface area contributed by atoms with Crippen LogP contribution in [0.25, 0.3) is 0 Å². The van der Waals surface area contributed by atoms with Crippen LogP contribution in [0.5, 0.6) is 0 Å². The number of rotatable bonds is 7. The number of alkyl halides is 2. The molecule has 2 nitrogen and oxygen atoms in total. The van der Waals surface area contributed by atoms with Crippen LogP contribution in [-0.4, -0.2) is 22.0 Å². The molecule has 0 bridgehead atoms. The van der Waals surface area contributed by atoms with E-state index in [1.54, 1.807) is 0 Å². The van der Waals surface area contributed by atoms with E-state index in [1.807, 2.05) is 41.5 Å². The third-order valence-corrected chi connectivity index (χ3v) is 2.35. The van der Waals surface area contributed by atoms with Gasteiger partial charge < -0.3 is 0 Å². The highest BCUT2D eigenvalue weighted by atomic mass is 35.5. The van der Waals surface area contributed by atoms with Crippen molar-refractivity contribution in [2.75, 3.05) is 0 Å². The van der Waals surface area contributed by atoms with Crippen LogP contribution in [0.15, 0.2) is 0 Å². The van der Waals surface area contributed by atoms with Crippen molar-refractivity contribution in [3.05, 3.63) is 0 Å². The lowest BCUT2D eigenvalue weighted by atomic mass is 10.0. The smallest absolute Gasteiger partial charge is 0.0994 e. The molecule has 0 spiro atoms. The molecule has 0 N–H and O–H groups in total. The summed E-state index contributed by atoms with van der Waals surface area (Å²) in [4.78, 5) is 10.9. The Morgan fingerprint density at radius 1 is 0.812 bits per heavy atom. The monoisotopic (exact) mass is 270 g/mol. The first-order valence-electron chi connectivity index (χ1n) is 5.69.